The molecule has 1 amide bonds. The first-order chi connectivity index (χ1) is 8.15. The van der Waals surface area contributed by atoms with Crippen LogP contribution in [0.15, 0.2) is 16.5 Å². The summed E-state index contributed by atoms with van der Waals surface area (Å²) in [4.78, 5) is 11.4. The second kappa shape index (κ2) is 3.88. The molecule has 1 aromatic heterocycles. The normalized spacial score (nSPS) is 36.7. The lowest BCUT2D eigenvalue weighted by molar-refractivity contribution is -0.123. The Bertz CT molecular complexity index is 440. The molecule has 4 unspecified atom stereocenters. The maximum absolute atomic E-state index is 11.4. The van der Waals surface area contributed by atoms with E-state index < -0.39 is 0 Å². The molecule has 0 aromatic carbocycles. The average Bonchev–Trinajstić information content (AvgIpc) is 2.85. The van der Waals surface area contributed by atoms with Gasteiger partial charge in [0.25, 0.3) is 0 Å². The fourth-order valence-corrected chi connectivity index (χ4v) is 2.55. The molecule has 0 radical (unpaired) electrons. The van der Waals surface area contributed by atoms with Crippen molar-refractivity contribution in [2.75, 3.05) is 0 Å². The molecule has 3 rings (SSSR count). The highest BCUT2D eigenvalue weighted by Crippen LogP contribution is 2.47. The van der Waals surface area contributed by atoms with Crippen molar-refractivity contribution in [1.29, 1.82) is 0 Å². The van der Waals surface area contributed by atoms with Crippen LogP contribution >= 0.6 is 0 Å². The molecule has 4 heteroatoms. The zero-order valence-corrected chi connectivity index (χ0v) is 9.98. The van der Waals surface area contributed by atoms with Gasteiger partial charge in [-0.1, -0.05) is 6.92 Å². The van der Waals surface area contributed by atoms with Gasteiger partial charge in [-0.15, -0.1) is 0 Å². The highest BCUT2D eigenvalue weighted by atomic mass is 16.3. The number of amides is 1. The SMILES string of the molecule is CC1CC1c1ccc(C2NC(=O)CCC2N)o1. The second-order valence-corrected chi connectivity index (χ2v) is 5.31. The van der Waals surface area contributed by atoms with Crippen LogP contribution in [0.2, 0.25) is 0 Å². The van der Waals surface area contributed by atoms with Crippen LogP contribution in [0.1, 0.15) is 49.7 Å². The standard InChI is InChI=1S/C13H18N2O2/c1-7-6-8(7)10-3-4-11(17-10)13-9(14)2-5-12(16)15-13/h3-4,7-9,13H,2,5-6,14H2,1H3,(H,15,16). The third-order valence-electron chi connectivity index (χ3n) is 3.88. The summed E-state index contributed by atoms with van der Waals surface area (Å²) in [5, 5.41) is 2.91. The Balaban J connectivity index is 1.78. The summed E-state index contributed by atoms with van der Waals surface area (Å²) < 4.78 is 5.84. The molecule has 2 aliphatic rings. The van der Waals surface area contributed by atoms with Crippen LogP contribution < -0.4 is 11.1 Å². The van der Waals surface area contributed by atoms with E-state index in [-0.39, 0.29) is 18.0 Å². The van der Waals surface area contributed by atoms with E-state index in [4.69, 9.17) is 10.2 Å². The number of rotatable bonds is 2. The summed E-state index contributed by atoms with van der Waals surface area (Å²) in [7, 11) is 0. The van der Waals surface area contributed by atoms with Gasteiger partial charge in [0.05, 0.1) is 0 Å². The predicted octanol–water partition coefficient (Wildman–Crippen LogP) is 1.68. The first-order valence-electron chi connectivity index (χ1n) is 6.29. The lowest BCUT2D eigenvalue weighted by Gasteiger charge is -2.27. The molecule has 4 atom stereocenters. The van der Waals surface area contributed by atoms with Crippen LogP contribution in [-0.4, -0.2) is 11.9 Å². The summed E-state index contributed by atoms with van der Waals surface area (Å²) in [6, 6.07) is 3.79. The minimum absolute atomic E-state index is 0.0386. The molecule has 0 spiro atoms. The number of furan rings is 1. The number of nitrogens with two attached hydrogens (primary N) is 1. The Kier molecular flexibility index (Phi) is 2.47. The van der Waals surface area contributed by atoms with Gasteiger partial charge < -0.3 is 15.5 Å². The Morgan fingerprint density at radius 3 is 2.82 bits per heavy atom. The van der Waals surface area contributed by atoms with E-state index in [9.17, 15) is 4.79 Å². The van der Waals surface area contributed by atoms with Crippen LogP contribution in [-0.2, 0) is 4.79 Å². The molecule has 2 fully saturated rings. The molecular weight excluding hydrogens is 216 g/mol. The quantitative estimate of drug-likeness (QED) is 0.818. The summed E-state index contributed by atoms with van der Waals surface area (Å²) in [5.41, 5.74) is 6.03. The fraction of sp³-hybridized carbons (Fsp3) is 0.615. The van der Waals surface area contributed by atoms with E-state index in [0.29, 0.717) is 12.3 Å². The fourth-order valence-electron chi connectivity index (χ4n) is 2.55. The van der Waals surface area contributed by atoms with Crippen LogP contribution in [0.5, 0.6) is 0 Å². The number of carbonyl (C=O) groups is 1. The van der Waals surface area contributed by atoms with Crippen molar-refractivity contribution in [3.63, 3.8) is 0 Å². The van der Waals surface area contributed by atoms with Gasteiger partial charge in [-0.2, -0.15) is 0 Å². The van der Waals surface area contributed by atoms with Gasteiger partial charge >= 0.3 is 0 Å². The first kappa shape index (κ1) is 10.8. The lowest BCUT2D eigenvalue weighted by Crippen LogP contribution is -2.45. The summed E-state index contributed by atoms with van der Waals surface area (Å²) >= 11 is 0. The minimum Gasteiger partial charge on any atom is -0.464 e. The number of nitrogens with one attached hydrogen (secondary N) is 1. The van der Waals surface area contributed by atoms with Gasteiger partial charge in [-0.25, -0.2) is 0 Å². The number of hydrogen-bond donors (Lipinski definition) is 2. The first-order valence-corrected chi connectivity index (χ1v) is 6.29. The van der Waals surface area contributed by atoms with Crippen molar-refractivity contribution in [2.24, 2.45) is 11.7 Å². The molecule has 1 aromatic rings. The largest absolute Gasteiger partial charge is 0.464 e. The molecule has 1 saturated heterocycles. The minimum atomic E-state index is -0.154. The second-order valence-electron chi connectivity index (χ2n) is 5.31. The topological polar surface area (TPSA) is 68.3 Å². The van der Waals surface area contributed by atoms with Crippen molar-refractivity contribution >= 4 is 5.91 Å². The van der Waals surface area contributed by atoms with Crippen LogP contribution in [0.4, 0.5) is 0 Å². The van der Waals surface area contributed by atoms with E-state index >= 15 is 0 Å². The van der Waals surface area contributed by atoms with E-state index in [1.807, 2.05) is 12.1 Å². The Morgan fingerprint density at radius 1 is 1.41 bits per heavy atom. The molecule has 4 nitrogen and oxygen atoms in total. The Labute approximate surface area is 101 Å². The molecule has 2 heterocycles. The molecule has 17 heavy (non-hydrogen) atoms. The third-order valence-corrected chi connectivity index (χ3v) is 3.88. The van der Waals surface area contributed by atoms with Crippen molar-refractivity contribution in [1.82, 2.24) is 5.32 Å². The van der Waals surface area contributed by atoms with Crippen molar-refractivity contribution in [2.45, 2.75) is 44.2 Å². The van der Waals surface area contributed by atoms with Gasteiger partial charge in [-0.05, 0) is 30.9 Å². The maximum atomic E-state index is 11.4. The number of hydrogen-bond acceptors (Lipinski definition) is 3. The molecule has 3 N–H and O–H groups in total. The van der Waals surface area contributed by atoms with Crippen LogP contribution in [0.3, 0.4) is 0 Å². The smallest absolute Gasteiger partial charge is 0.220 e. The van der Waals surface area contributed by atoms with Gasteiger partial charge in [0.1, 0.15) is 17.6 Å². The summed E-state index contributed by atoms with van der Waals surface area (Å²) in [6.07, 6.45) is 2.45. The van der Waals surface area contributed by atoms with Crippen LogP contribution in [0.25, 0.3) is 0 Å². The molecule has 1 aliphatic carbocycles. The van der Waals surface area contributed by atoms with Crippen molar-refractivity contribution in [3.8, 4) is 0 Å². The number of piperidine rings is 1. The molecular formula is C13H18N2O2. The molecule has 1 saturated carbocycles. The average molecular weight is 234 g/mol. The molecule has 0 bridgehead atoms. The summed E-state index contributed by atoms with van der Waals surface area (Å²) in [6.45, 7) is 2.22. The molecule has 1 aliphatic heterocycles. The number of carbonyl (C=O) groups excluding carboxylic acids is 1. The highest BCUT2D eigenvalue weighted by molar-refractivity contribution is 5.77. The highest BCUT2D eigenvalue weighted by Gasteiger charge is 2.37. The Hall–Kier alpha value is -1.29. The zero-order chi connectivity index (χ0) is 12.0. The predicted molar refractivity (Wildman–Crippen MR) is 63.3 cm³/mol. The summed E-state index contributed by atoms with van der Waals surface area (Å²) in [5.74, 6) is 3.21. The molecule has 92 valence electrons. The van der Waals surface area contributed by atoms with Gasteiger partial charge in [0.2, 0.25) is 5.91 Å². The monoisotopic (exact) mass is 234 g/mol. The van der Waals surface area contributed by atoms with E-state index in [1.165, 1.54) is 6.42 Å². The van der Waals surface area contributed by atoms with Gasteiger partial charge in [0.15, 0.2) is 0 Å². The van der Waals surface area contributed by atoms with Gasteiger partial charge in [-0.3, -0.25) is 4.79 Å². The van der Waals surface area contributed by atoms with E-state index in [2.05, 4.69) is 12.2 Å². The zero-order valence-electron chi connectivity index (χ0n) is 9.98. The van der Waals surface area contributed by atoms with E-state index in [1.54, 1.807) is 0 Å². The third kappa shape index (κ3) is 1.97. The van der Waals surface area contributed by atoms with Crippen LogP contribution in [0, 0.1) is 5.92 Å². The van der Waals surface area contributed by atoms with Crippen molar-refractivity contribution in [3.05, 3.63) is 23.7 Å². The van der Waals surface area contributed by atoms with E-state index in [0.717, 1.165) is 23.9 Å². The van der Waals surface area contributed by atoms with Crippen molar-refractivity contribution < 1.29 is 9.21 Å². The lowest BCUT2D eigenvalue weighted by atomic mass is 9.97. The maximum Gasteiger partial charge on any atom is 0.220 e. The van der Waals surface area contributed by atoms with Gasteiger partial charge in [0, 0.05) is 18.4 Å². The Morgan fingerprint density at radius 2 is 2.12 bits per heavy atom.